The van der Waals surface area contributed by atoms with Crippen LogP contribution in [0.3, 0.4) is 0 Å². The number of urea groups is 1. The fourth-order valence-electron chi connectivity index (χ4n) is 2.16. The van der Waals surface area contributed by atoms with Crippen molar-refractivity contribution in [2.24, 2.45) is 0 Å². The fraction of sp³-hybridized carbons (Fsp3) is 0.0625. The second-order valence-electron chi connectivity index (χ2n) is 5.24. The lowest BCUT2D eigenvalue weighted by Crippen LogP contribution is -2.38. The van der Waals surface area contributed by atoms with Gasteiger partial charge >= 0.3 is 6.03 Å². The number of rotatable bonds is 4. The van der Waals surface area contributed by atoms with Crippen LogP contribution in [0.25, 0.3) is 10.2 Å². The number of carbonyl (C=O) groups is 2. The predicted octanol–water partition coefficient (Wildman–Crippen LogP) is 2.71. The predicted molar refractivity (Wildman–Crippen MR) is 104 cm³/mol. The summed E-state index contributed by atoms with van der Waals surface area (Å²) >= 11 is 7.02. The minimum absolute atomic E-state index is 0.0672. The number of aromatic nitrogens is 1. The number of hydrogen-bond acceptors (Lipinski definition) is 6. The van der Waals surface area contributed by atoms with Crippen LogP contribution in [0.2, 0.25) is 0 Å². The highest BCUT2D eigenvalue weighted by Gasteiger charge is 2.21. The van der Waals surface area contributed by atoms with Gasteiger partial charge in [0.05, 0.1) is 15.1 Å². The smallest absolute Gasteiger partial charge is 0.272 e. The molecule has 2 N–H and O–H groups in total. The molecule has 0 saturated heterocycles. The molecular weight excluding hydrogens is 412 g/mol. The number of carbonyl (C=O) groups excluding carboxylic acids is 2. The SMILES string of the molecule is CNS(=O)(=O)c1ccc2nc(N(Cl)C(=O)NC(=O)c3ccccc3)sc2c1. The summed E-state index contributed by atoms with van der Waals surface area (Å²) < 4.78 is 27.2. The van der Waals surface area contributed by atoms with Gasteiger partial charge in [-0.05, 0) is 37.4 Å². The molecule has 2 aromatic carbocycles. The Morgan fingerprint density at radius 3 is 2.52 bits per heavy atom. The van der Waals surface area contributed by atoms with Crippen LogP contribution in [0, 0.1) is 0 Å². The summed E-state index contributed by atoms with van der Waals surface area (Å²) in [5.74, 6) is -0.602. The number of nitrogens with zero attached hydrogens (tertiary/aromatic N) is 2. The van der Waals surface area contributed by atoms with Crippen molar-refractivity contribution in [2.75, 3.05) is 11.5 Å². The van der Waals surface area contributed by atoms with E-state index in [0.29, 0.717) is 20.2 Å². The molecule has 0 fully saturated rings. The Morgan fingerprint density at radius 2 is 1.85 bits per heavy atom. The standard InChI is InChI=1S/C16H13ClN4O4S2/c1-18-27(24,25)11-7-8-12-13(9-11)26-16(19-12)21(17)15(23)20-14(22)10-5-3-2-4-6-10/h2-9,18H,1H3,(H,20,22,23). The Bertz CT molecular complexity index is 1120. The van der Waals surface area contributed by atoms with E-state index in [4.69, 9.17) is 11.8 Å². The molecule has 3 aromatic rings. The van der Waals surface area contributed by atoms with Gasteiger partial charge in [-0.15, -0.1) is 0 Å². The van der Waals surface area contributed by atoms with Gasteiger partial charge < -0.3 is 0 Å². The Hall–Kier alpha value is -2.53. The number of fused-ring (bicyclic) bond motifs is 1. The van der Waals surface area contributed by atoms with Crippen molar-refractivity contribution >= 4 is 60.4 Å². The number of benzene rings is 2. The first-order valence-corrected chi connectivity index (χ1v) is 10.2. The molecule has 0 unspecified atom stereocenters. The molecule has 0 atom stereocenters. The monoisotopic (exact) mass is 424 g/mol. The highest BCUT2D eigenvalue weighted by Crippen LogP contribution is 2.31. The Balaban J connectivity index is 1.82. The van der Waals surface area contributed by atoms with Crippen LogP contribution in [0.4, 0.5) is 9.93 Å². The van der Waals surface area contributed by atoms with Crippen LogP contribution >= 0.6 is 23.1 Å². The fourth-order valence-corrected chi connectivity index (χ4v) is 4.08. The second kappa shape index (κ2) is 7.61. The van der Waals surface area contributed by atoms with Gasteiger partial charge in [0, 0.05) is 17.3 Å². The third-order valence-corrected chi connectivity index (χ3v) is 6.36. The summed E-state index contributed by atoms with van der Waals surface area (Å²) in [7, 11) is -2.29. The van der Waals surface area contributed by atoms with E-state index in [9.17, 15) is 18.0 Å². The number of imide groups is 1. The average molecular weight is 425 g/mol. The van der Waals surface area contributed by atoms with Gasteiger partial charge in [-0.25, -0.2) is 22.9 Å². The number of halogens is 1. The Labute approximate surface area is 163 Å². The van der Waals surface area contributed by atoms with Gasteiger partial charge in [0.2, 0.25) is 15.2 Å². The van der Waals surface area contributed by atoms with Gasteiger partial charge in [0.1, 0.15) is 0 Å². The lowest BCUT2D eigenvalue weighted by Gasteiger charge is -2.10. The molecule has 3 rings (SSSR count). The van der Waals surface area contributed by atoms with Crippen molar-refractivity contribution in [3.05, 3.63) is 54.1 Å². The molecule has 27 heavy (non-hydrogen) atoms. The van der Waals surface area contributed by atoms with Crippen molar-refractivity contribution in [3.8, 4) is 0 Å². The largest absolute Gasteiger partial charge is 0.345 e. The van der Waals surface area contributed by atoms with Crippen LogP contribution in [0.5, 0.6) is 0 Å². The highest BCUT2D eigenvalue weighted by molar-refractivity contribution is 7.89. The molecule has 3 amide bonds. The van der Waals surface area contributed by atoms with E-state index in [2.05, 4.69) is 15.0 Å². The number of amides is 3. The molecule has 0 aliphatic heterocycles. The van der Waals surface area contributed by atoms with Crippen LogP contribution in [0.1, 0.15) is 10.4 Å². The van der Waals surface area contributed by atoms with Crippen molar-refractivity contribution in [1.29, 1.82) is 0 Å². The van der Waals surface area contributed by atoms with E-state index in [0.717, 1.165) is 11.3 Å². The second-order valence-corrected chi connectivity index (χ2v) is 8.47. The maximum Gasteiger partial charge on any atom is 0.345 e. The average Bonchev–Trinajstić information content (AvgIpc) is 3.11. The zero-order valence-corrected chi connectivity index (χ0v) is 16.2. The molecule has 140 valence electrons. The highest BCUT2D eigenvalue weighted by atomic mass is 35.5. The van der Waals surface area contributed by atoms with E-state index in [-0.39, 0.29) is 10.0 Å². The van der Waals surface area contributed by atoms with E-state index < -0.39 is 22.0 Å². The molecule has 11 heteroatoms. The minimum atomic E-state index is -3.61. The van der Waals surface area contributed by atoms with Crippen molar-refractivity contribution in [3.63, 3.8) is 0 Å². The number of sulfonamides is 1. The number of hydrogen-bond donors (Lipinski definition) is 2. The normalized spacial score (nSPS) is 11.3. The van der Waals surface area contributed by atoms with E-state index >= 15 is 0 Å². The molecule has 0 aliphatic rings. The quantitative estimate of drug-likeness (QED) is 0.626. The van der Waals surface area contributed by atoms with Gasteiger partial charge in [-0.3, -0.25) is 10.1 Å². The summed E-state index contributed by atoms with van der Waals surface area (Å²) in [4.78, 5) is 28.5. The number of anilines is 1. The lowest BCUT2D eigenvalue weighted by molar-refractivity contribution is 0.0966. The maximum absolute atomic E-state index is 12.2. The van der Waals surface area contributed by atoms with Crippen LogP contribution in [-0.4, -0.2) is 32.4 Å². The lowest BCUT2D eigenvalue weighted by atomic mass is 10.2. The van der Waals surface area contributed by atoms with Gasteiger partial charge in [-0.2, -0.15) is 4.42 Å². The molecule has 0 radical (unpaired) electrons. The first-order chi connectivity index (χ1) is 12.8. The summed E-state index contributed by atoms with van der Waals surface area (Å²) in [6.07, 6.45) is 0. The first-order valence-electron chi connectivity index (χ1n) is 7.52. The third-order valence-electron chi connectivity index (χ3n) is 3.53. The zero-order valence-electron chi connectivity index (χ0n) is 13.8. The molecule has 0 aliphatic carbocycles. The van der Waals surface area contributed by atoms with Crippen molar-refractivity contribution < 1.29 is 18.0 Å². The molecule has 1 heterocycles. The number of nitrogens with one attached hydrogen (secondary N) is 2. The minimum Gasteiger partial charge on any atom is -0.272 e. The van der Waals surface area contributed by atoms with E-state index in [1.165, 1.54) is 25.2 Å². The Morgan fingerprint density at radius 1 is 1.15 bits per heavy atom. The Kier molecular flexibility index (Phi) is 5.42. The zero-order chi connectivity index (χ0) is 19.6. The van der Waals surface area contributed by atoms with Crippen LogP contribution in [0.15, 0.2) is 53.4 Å². The van der Waals surface area contributed by atoms with Crippen molar-refractivity contribution in [2.45, 2.75) is 4.90 Å². The third kappa shape index (κ3) is 4.08. The van der Waals surface area contributed by atoms with Crippen LogP contribution < -0.4 is 14.5 Å². The van der Waals surface area contributed by atoms with Crippen LogP contribution in [-0.2, 0) is 10.0 Å². The van der Waals surface area contributed by atoms with Crippen molar-refractivity contribution in [1.82, 2.24) is 15.0 Å². The molecule has 0 saturated carbocycles. The number of thiazole rings is 1. The summed E-state index contributed by atoms with van der Waals surface area (Å²) in [5, 5.41) is 2.26. The molecular formula is C16H13ClN4O4S2. The van der Waals surface area contributed by atoms with Gasteiger partial charge in [0.25, 0.3) is 5.91 Å². The summed E-state index contributed by atoms with van der Waals surface area (Å²) in [5.41, 5.74) is 0.778. The maximum atomic E-state index is 12.2. The topological polar surface area (TPSA) is 108 Å². The molecule has 0 bridgehead atoms. The van der Waals surface area contributed by atoms with E-state index in [1.54, 1.807) is 30.3 Å². The van der Waals surface area contributed by atoms with E-state index in [1.807, 2.05) is 0 Å². The first kappa shape index (κ1) is 19.2. The molecule has 8 nitrogen and oxygen atoms in total. The molecule has 1 aromatic heterocycles. The summed E-state index contributed by atoms with van der Waals surface area (Å²) in [6.45, 7) is 0. The van der Waals surface area contributed by atoms with Gasteiger partial charge in [0.15, 0.2) is 0 Å². The van der Waals surface area contributed by atoms with Gasteiger partial charge in [-0.1, -0.05) is 29.5 Å². The molecule has 0 spiro atoms. The summed E-state index contributed by atoms with van der Waals surface area (Å²) in [6, 6.07) is 11.7.